The molecule has 0 radical (unpaired) electrons. The third-order valence-corrected chi connectivity index (χ3v) is 7.59. The van der Waals surface area contributed by atoms with E-state index in [-0.39, 0.29) is 17.0 Å². The molecular formula is C33H42N10O. The molecule has 44 heavy (non-hydrogen) atoms. The summed E-state index contributed by atoms with van der Waals surface area (Å²) in [6, 6.07) is 15.7. The van der Waals surface area contributed by atoms with Crippen LogP contribution >= 0.6 is 0 Å². The Morgan fingerprint density at radius 3 is 2.41 bits per heavy atom. The molecule has 1 saturated heterocycles. The number of nitrogens with zero attached hydrogens (tertiary/aromatic N) is 6. The van der Waals surface area contributed by atoms with Crippen LogP contribution in [0.3, 0.4) is 0 Å². The van der Waals surface area contributed by atoms with E-state index in [1.54, 1.807) is 24.0 Å². The van der Waals surface area contributed by atoms with Crippen LogP contribution in [-0.4, -0.2) is 75.8 Å². The molecule has 1 aromatic carbocycles. The molecule has 4 heterocycles. The maximum atomic E-state index is 12.6. The summed E-state index contributed by atoms with van der Waals surface area (Å²) in [6.07, 6.45) is 3.56. The summed E-state index contributed by atoms with van der Waals surface area (Å²) in [6.45, 7) is 16.6. The van der Waals surface area contributed by atoms with Crippen LogP contribution in [0.5, 0.6) is 0 Å². The lowest BCUT2D eigenvalue weighted by Crippen LogP contribution is -2.46. The Morgan fingerprint density at radius 2 is 1.68 bits per heavy atom. The van der Waals surface area contributed by atoms with Crippen LogP contribution in [0, 0.1) is 6.92 Å². The lowest BCUT2D eigenvalue weighted by atomic mass is 9.90. The van der Waals surface area contributed by atoms with Crippen LogP contribution in [0.4, 0.5) is 22.9 Å². The number of carbonyl (C=O) groups excluding carboxylic acids is 1. The first-order chi connectivity index (χ1) is 21.0. The van der Waals surface area contributed by atoms with Crippen molar-refractivity contribution in [1.82, 2.24) is 35.0 Å². The Morgan fingerprint density at radius 1 is 0.932 bits per heavy atom. The van der Waals surface area contributed by atoms with Crippen molar-refractivity contribution in [3.05, 3.63) is 90.0 Å². The number of aromatic nitrogens is 4. The van der Waals surface area contributed by atoms with Crippen LogP contribution in [0.15, 0.2) is 67.5 Å². The normalized spacial score (nSPS) is 14.2. The number of anilines is 4. The van der Waals surface area contributed by atoms with Gasteiger partial charge in [-0.25, -0.2) is 9.99 Å². The molecule has 5 rings (SSSR count). The van der Waals surface area contributed by atoms with Gasteiger partial charge in [-0.2, -0.15) is 9.78 Å². The highest BCUT2D eigenvalue weighted by molar-refractivity contribution is 5.93. The zero-order valence-electron chi connectivity index (χ0n) is 26.4. The van der Waals surface area contributed by atoms with E-state index in [2.05, 4.69) is 86.8 Å². The van der Waals surface area contributed by atoms with E-state index in [0.717, 1.165) is 65.8 Å². The third-order valence-electron chi connectivity index (χ3n) is 7.59. The first-order valence-corrected chi connectivity index (χ1v) is 14.8. The first-order valence-electron chi connectivity index (χ1n) is 14.8. The Bertz CT molecular complexity index is 1650. The highest BCUT2D eigenvalue weighted by Gasteiger charge is 2.19. The second-order valence-electron chi connectivity index (χ2n) is 12.1. The fraction of sp³-hybridized carbons (Fsp3) is 0.333. The van der Waals surface area contributed by atoms with Gasteiger partial charge in [-0.15, -0.1) is 0 Å². The molecule has 0 atom stereocenters. The Kier molecular flexibility index (Phi) is 8.98. The number of hydrazine groups is 1. The van der Waals surface area contributed by atoms with E-state index in [1.165, 1.54) is 0 Å². The minimum Gasteiger partial charge on any atom is -0.355 e. The number of likely N-dealkylation sites (N-methyl/N-ethyl adjacent to an activating group) is 1. The van der Waals surface area contributed by atoms with Crippen LogP contribution in [0.25, 0.3) is 11.5 Å². The Balaban J connectivity index is 1.40. The van der Waals surface area contributed by atoms with Gasteiger partial charge in [0.05, 0.1) is 5.69 Å². The number of amides is 1. The predicted molar refractivity (Wildman–Crippen MR) is 177 cm³/mol. The van der Waals surface area contributed by atoms with Crippen LogP contribution in [-0.2, 0) is 5.41 Å². The third kappa shape index (κ3) is 7.24. The van der Waals surface area contributed by atoms with E-state index >= 15 is 0 Å². The molecule has 11 heteroatoms. The number of rotatable bonds is 9. The molecule has 0 spiro atoms. The minimum absolute atomic E-state index is 0.0667. The molecule has 4 N–H and O–H groups in total. The summed E-state index contributed by atoms with van der Waals surface area (Å²) >= 11 is 0. The maximum absolute atomic E-state index is 12.6. The highest BCUT2D eigenvalue weighted by atomic mass is 16.1. The number of nitrogens with one attached hydrogen (secondary N) is 4. The zero-order chi connectivity index (χ0) is 31.4. The summed E-state index contributed by atoms with van der Waals surface area (Å²) < 4.78 is 1.66. The van der Waals surface area contributed by atoms with Gasteiger partial charge < -0.3 is 26.3 Å². The van der Waals surface area contributed by atoms with E-state index in [0.29, 0.717) is 11.6 Å². The summed E-state index contributed by atoms with van der Waals surface area (Å²) in [5.74, 6) is 0.902. The zero-order valence-corrected chi connectivity index (χ0v) is 26.4. The van der Waals surface area contributed by atoms with E-state index in [4.69, 9.17) is 0 Å². The highest BCUT2D eigenvalue weighted by Crippen LogP contribution is 2.29. The maximum Gasteiger partial charge on any atom is 0.271 e. The van der Waals surface area contributed by atoms with E-state index in [1.807, 2.05) is 49.5 Å². The van der Waals surface area contributed by atoms with Gasteiger partial charge in [0.15, 0.2) is 11.5 Å². The number of hydrogen-bond donors (Lipinski definition) is 4. The molecule has 1 fully saturated rings. The lowest BCUT2D eigenvalue weighted by Gasteiger charge is -2.33. The molecule has 0 bridgehead atoms. The quantitative estimate of drug-likeness (QED) is 0.212. The van der Waals surface area contributed by atoms with Crippen molar-refractivity contribution in [1.29, 1.82) is 0 Å². The van der Waals surface area contributed by atoms with Crippen molar-refractivity contribution in [2.75, 3.05) is 56.3 Å². The van der Waals surface area contributed by atoms with Crippen molar-refractivity contribution >= 4 is 34.5 Å². The van der Waals surface area contributed by atoms with Crippen LogP contribution in [0.2, 0.25) is 0 Å². The number of aryl methyl sites for hydroxylation is 1. The lowest BCUT2D eigenvalue weighted by molar-refractivity contribution is 0.0957. The van der Waals surface area contributed by atoms with Gasteiger partial charge in [0.1, 0.15) is 5.82 Å². The standard InChI is InChI=1S/C33H42N10O/c1-22-8-9-25(37-23(2)24-10-12-35-29(18-24)33(3,4)5)19-27(22)38-31-21-28(32(44)34-6)40-43(31)30-20-26(11-13-36-30)39-42-16-14-41(7)15-17-42/h8-13,18-21,37-38H,2,14-17H2,1,3-7H3,(H,34,44)(H,36,39). The predicted octanol–water partition coefficient (Wildman–Crippen LogP) is 5.03. The van der Waals surface area contributed by atoms with E-state index < -0.39 is 0 Å². The molecule has 0 saturated carbocycles. The van der Waals surface area contributed by atoms with Crippen molar-refractivity contribution in [3.8, 4) is 5.82 Å². The fourth-order valence-corrected chi connectivity index (χ4v) is 4.84. The largest absolute Gasteiger partial charge is 0.355 e. The Hall–Kier alpha value is -4.74. The molecule has 0 unspecified atom stereocenters. The van der Waals surface area contributed by atoms with Gasteiger partial charge in [-0.3, -0.25) is 9.78 Å². The van der Waals surface area contributed by atoms with Gasteiger partial charge in [-0.1, -0.05) is 33.4 Å². The van der Waals surface area contributed by atoms with Gasteiger partial charge in [0, 0.05) is 91.5 Å². The van der Waals surface area contributed by atoms with Crippen LogP contribution < -0.4 is 21.4 Å². The Labute approximate surface area is 259 Å². The van der Waals surface area contributed by atoms with Gasteiger partial charge in [0.2, 0.25) is 0 Å². The number of pyridine rings is 2. The number of benzene rings is 1. The average molecular weight is 595 g/mol. The molecule has 1 amide bonds. The van der Waals surface area contributed by atoms with E-state index in [9.17, 15) is 4.79 Å². The topological polar surface area (TPSA) is 115 Å². The fourth-order valence-electron chi connectivity index (χ4n) is 4.84. The van der Waals surface area contributed by atoms with Gasteiger partial charge in [-0.05, 0) is 49.9 Å². The molecular weight excluding hydrogens is 552 g/mol. The summed E-state index contributed by atoms with van der Waals surface area (Å²) in [5.41, 5.74) is 10.1. The smallest absolute Gasteiger partial charge is 0.271 e. The molecule has 4 aromatic rings. The monoisotopic (exact) mass is 594 g/mol. The molecule has 230 valence electrons. The van der Waals surface area contributed by atoms with Crippen molar-refractivity contribution in [3.63, 3.8) is 0 Å². The molecule has 1 aliphatic heterocycles. The van der Waals surface area contributed by atoms with Gasteiger partial charge in [0.25, 0.3) is 5.91 Å². The summed E-state index contributed by atoms with van der Waals surface area (Å²) in [4.78, 5) is 24.0. The van der Waals surface area contributed by atoms with Crippen molar-refractivity contribution in [2.45, 2.75) is 33.1 Å². The van der Waals surface area contributed by atoms with Gasteiger partial charge >= 0.3 is 0 Å². The number of piperazine rings is 1. The molecule has 11 nitrogen and oxygen atoms in total. The second-order valence-corrected chi connectivity index (χ2v) is 12.1. The average Bonchev–Trinajstić information content (AvgIpc) is 3.43. The molecule has 0 aliphatic carbocycles. The molecule has 3 aromatic heterocycles. The second kappa shape index (κ2) is 12.9. The molecule has 1 aliphatic rings. The number of hydrogen-bond acceptors (Lipinski definition) is 9. The SMILES string of the molecule is C=C(Nc1ccc(C)c(Nc2cc(C(=O)NC)nn2-c2cc(NN3CCN(C)CC3)ccn2)c1)c1ccnc(C(C)(C)C)c1. The summed E-state index contributed by atoms with van der Waals surface area (Å²) in [7, 11) is 3.72. The number of carbonyl (C=O) groups is 1. The van der Waals surface area contributed by atoms with Crippen molar-refractivity contribution < 1.29 is 4.79 Å². The summed E-state index contributed by atoms with van der Waals surface area (Å²) in [5, 5.41) is 16.4. The van der Waals surface area contributed by atoms with Crippen LogP contribution in [0.1, 0.15) is 48.1 Å². The minimum atomic E-state index is -0.283. The van der Waals surface area contributed by atoms with Crippen molar-refractivity contribution in [2.24, 2.45) is 0 Å². The first kappa shape index (κ1) is 30.7.